The fourth-order valence-electron chi connectivity index (χ4n) is 4.89. The molecule has 38 heavy (non-hydrogen) atoms. The Balaban J connectivity index is 2.28. The van der Waals surface area contributed by atoms with Crippen LogP contribution in [0, 0.1) is 14.4 Å². The standard InChI is InChI=1S/C28H28F3IO6/c1-4-36-24(34)27(25(35)37-5-2)15-20(26(3,16-27)17-28(29,30)31)22(18-11-7-6-8-12-18)38-23(33)19-13-9-10-14-21(19)32/h6-14H,4-5,15-17H2,1-3H3/b22-20-. The van der Waals surface area contributed by atoms with Crippen LogP contribution in [-0.2, 0) is 23.8 Å². The monoisotopic (exact) mass is 644 g/mol. The molecule has 10 heteroatoms. The van der Waals surface area contributed by atoms with Crippen molar-refractivity contribution in [2.24, 2.45) is 10.8 Å². The Hall–Kier alpha value is -2.89. The predicted octanol–water partition coefficient (Wildman–Crippen LogP) is 6.72. The first-order valence-electron chi connectivity index (χ1n) is 12.0. The summed E-state index contributed by atoms with van der Waals surface area (Å²) in [6.07, 6.45) is -6.99. The highest BCUT2D eigenvalue weighted by molar-refractivity contribution is 14.1. The summed E-state index contributed by atoms with van der Waals surface area (Å²) in [5.41, 5.74) is -3.25. The summed E-state index contributed by atoms with van der Waals surface area (Å²) in [4.78, 5) is 39.7. The van der Waals surface area contributed by atoms with Gasteiger partial charge in [-0.2, -0.15) is 13.2 Å². The van der Waals surface area contributed by atoms with E-state index >= 15 is 0 Å². The molecule has 1 atom stereocenters. The van der Waals surface area contributed by atoms with Gasteiger partial charge >= 0.3 is 24.1 Å². The Morgan fingerprint density at radius 3 is 2.00 bits per heavy atom. The lowest BCUT2D eigenvalue weighted by molar-refractivity contribution is -0.175. The topological polar surface area (TPSA) is 78.9 Å². The number of rotatable bonds is 8. The summed E-state index contributed by atoms with van der Waals surface area (Å²) in [6, 6.07) is 14.8. The van der Waals surface area contributed by atoms with Crippen LogP contribution in [0.25, 0.3) is 5.76 Å². The van der Waals surface area contributed by atoms with Gasteiger partial charge in [-0.05, 0) is 67.0 Å². The Morgan fingerprint density at radius 2 is 1.47 bits per heavy atom. The average Bonchev–Trinajstić information content (AvgIpc) is 3.15. The molecule has 0 amide bonds. The molecule has 0 spiro atoms. The summed E-state index contributed by atoms with van der Waals surface area (Å²) in [7, 11) is 0. The maximum absolute atomic E-state index is 14.0. The number of carbonyl (C=O) groups is 3. The number of hydrogen-bond donors (Lipinski definition) is 0. The lowest BCUT2D eigenvalue weighted by atomic mass is 9.77. The van der Waals surface area contributed by atoms with E-state index in [9.17, 15) is 27.6 Å². The minimum atomic E-state index is -4.65. The van der Waals surface area contributed by atoms with Crippen LogP contribution in [0.3, 0.4) is 0 Å². The SMILES string of the molecule is CCOC(=O)C1(C(=O)OCC)C/C(=C(/OC(=O)c2ccccc2I)c2ccccc2)C(C)(CC(F)(F)F)C1. The number of alkyl halides is 3. The molecule has 0 saturated heterocycles. The van der Waals surface area contributed by atoms with E-state index in [2.05, 4.69) is 0 Å². The third-order valence-corrected chi connectivity index (χ3v) is 7.36. The fraction of sp³-hybridized carbons (Fsp3) is 0.393. The molecule has 1 fully saturated rings. The number of hydrogen-bond acceptors (Lipinski definition) is 6. The van der Waals surface area contributed by atoms with Crippen molar-refractivity contribution in [2.75, 3.05) is 13.2 Å². The van der Waals surface area contributed by atoms with Crippen molar-refractivity contribution in [2.45, 2.75) is 46.2 Å². The number of benzene rings is 2. The predicted molar refractivity (Wildman–Crippen MR) is 142 cm³/mol. The van der Waals surface area contributed by atoms with Crippen molar-refractivity contribution >= 4 is 46.3 Å². The van der Waals surface area contributed by atoms with E-state index in [1.807, 2.05) is 22.6 Å². The largest absolute Gasteiger partial charge is 0.465 e. The van der Waals surface area contributed by atoms with Gasteiger partial charge in [0.15, 0.2) is 5.41 Å². The Kier molecular flexibility index (Phi) is 9.27. The van der Waals surface area contributed by atoms with Gasteiger partial charge in [0.25, 0.3) is 0 Å². The minimum absolute atomic E-state index is 0.0152. The summed E-state index contributed by atoms with van der Waals surface area (Å²) < 4.78 is 58.6. The molecule has 1 aliphatic rings. The normalized spacial score (nSPS) is 20.0. The lowest BCUT2D eigenvalue weighted by Crippen LogP contribution is -2.41. The maximum atomic E-state index is 14.0. The van der Waals surface area contributed by atoms with Gasteiger partial charge in [0, 0.05) is 14.5 Å². The van der Waals surface area contributed by atoms with Crippen LogP contribution in [0.2, 0.25) is 0 Å². The lowest BCUT2D eigenvalue weighted by Gasteiger charge is -2.30. The molecule has 1 saturated carbocycles. The van der Waals surface area contributed by atoms with Crippen molar-refractivity contribution in [3.8, 4) is 0 Å². The molecule has 0 aromatic heterocycles. The summed E-state index contributed by atoms with van der Waals surface area (Å²) >= 11 is 1.96. The average molecular weight is 644 g/mol. The molecule has 1 unspecified atom stereocenters. The van der Waals surface area contributed by atoms with Gasteiger partial charge in [0.2, 0.25) is 0 Å². The Bertz CT molecular complexity index is 1210. The van der Waals surface area contributed by atoms with Crippen LogP contribution in [0.4, 0.5) is 13.2 Å². The number of ether oxygens (including phenoxy) is 3. The van der Waals surface area contributed by atoms with Gasteiger partial charge in [-0.3, -0.25) is 9.59 Å². The van der Waals surface area contributed by atoms with Crippen molar-refractivity contribution < 1.29 is 41.8 Å². The Labute approximate surface area is 232 Å². The molecule has 3 rings (SSSR count). The number of esters is 3. The smallest absolute Gasteiger partial charge is 0.389 e. The van der Waals surface area contributed by atoms with E-state index in [0.717, 1.165) is 0 Å². The zero-order valence-corrected chi connectivity index (χ0v) is 23.4. The zero-order valence-electron chi connectivity index (χ0n) is 21.2. The third kappa shape index (κ3) is 6.39. The van der Waals surface area contributed by atoms with Crippen molar-refractivity contribution in [3.63, 3.8) is 0 Å². The van der Waals surface area contributed by atoms with Crippen LogP contribution in [0.1, 0.15) is 56.0 Å². The van der Waals surface area contributed by atoms with Crippen molar-refractivity contribution in [1.29, 1.82) is 0 Å². The van der Waals surface area contributed by atoms with Gasteiger partial charge in [-0.1, -0.05) is 49.4 Å². The van der Waals surface area contributed by atoms with E-state index < -0.39 is 54.2 Å². The summed E-state index contributed by atoms with van der Waals surface area (Å²) in [5, 5.41) is 0. The van der Waals surface area contributed by atoms with E-state index in [1.165, 1.54) is 20.8 Å². The summed E-state index contributed by atoms with van der Waals surface area (Å²) in [6.45, 7) is 4.23. The van der Waals surface area contributed by atoms with Crippen LogP contribution < -0.4 is 0 Å². The van der Waals surface area contributed by atoms with Gasteiger partial charge in [0.05, 0.1) is 25.2 Å². The molecule has 0 bridgehead atoms. The third-order valence-electron chi connectivity index (χ3n) is 6.42. The highest BCUT2D eigenvalue weighted by atomic mass is 127. The molecule has 0 N–H and O–H groups in total. The molecule has 2 aromatic rings. The zero-order chi connectivity index (χ0) is 28.1. The van der Waals surface area contributed by atoms with Crippen LogP contribution in [0.5, 0.6) is 0 Å². The highest BCUT2D eigenvalue weighted by Crippen LogP contribution is 2.60. The fourth-order valence-corrected chi connectivity index (χ4v) is 5.49. The number of allylic oxidation sites excluding steroid dienone is 1. The highest BCUT2D eigenvalue weighted by Gasteiger charge is 2.63. The summed E-state index contributed by atoms with van der Waals surface area (Å²) in [5.74, 6) is -2.85. The van der Waals surface area contributed by atoms with E-state index in [4.69, 9.17) is 14.2 Å². The molecule has 204 valence electrons. The van der Waals surface area contributed by atoms with Gasteiger partial charge in [0.1, 0.15) is 5.76 Å². The Morgan fingerprint density at radius 1 is 0.921 bits per heavy atom. The van der Waals surface area contributed by atoms with E-state index in [1.54, 1.807) is 54.6 Å². The molecular formula is C28H28F3IO6. The van der Waals surface area contributed by atoms with E-state index in [-0.39, 0.29) is 30.1 Å². The molecule has 0 radical (unpaired) electrons. The minimum Gasteiger partial charge on any atom is -0.465 e. The molecule has 6 nitrogen and oxygen atoms in total. The van der Waals surface area contributed by atoms with E-state index in [0.29, 0.717) is 9.13 Å². The second kappa shape index (κ2) is 11.9. The van der Waals surface area contributed by atoms with Gasteiger partial charge in [-0.15, -0.1) is 0 Å². The van der Waals surface area contributed by atoms with Gasteiger partial charge in [-0.25, -0.2) is 4.79 Å². The van der Waals surface area contributed by atoms with Crippen LogP contribution >= 0.6 is 22.6 Å². The maximum Gasteiger partial charge on any atom is 0.389 e. The van der Waals surface area contributed by atoms with Crippen molar-refractivity contribution in [3.05, 3.63) is 74.9 Å². The molecule has 0 aliphatic heterocycles. The molecule has 2 aromatic carbocycles. The molecular weight excluding hydrogens is 616 g/mol. The quantitative estimate of drug-likeness (QED) is 0.104. The first-order chi connectivity index (χ1) is 17.9. The van der Waals surface area contributed by atoms with Crippen molar-refractivity contribution in [1.82, 2.24) is 0 Å². The molecule has 1 aliphatic carbocycles. The van der Waals surface area contributed by atoms with Gasteiger partial charge < -0.3 is 14.2 Å². The molecule has 0 heterocycles. The second-order valence-corrected chi connectivity index (χ2v) is 10.4. The van der Waals surface area contributed by atoms with Crippen LogP contribution in [0.15, 0.2) is 60.2 Å². The number of halogens is 4. The number of carbonyl (C=O) groups excluding carboxylic acids is 3. The first-order valence-corrected chi connectivity index (χ1v) is 13.1. The first kappa shape index (κ1) is 29.7. The van der Waals surface area contributed by atoms with Crippen LogP contribution in [-0.4, -0.2) is 37.3 Å². The second-order valence-electron chi connectivity index (χ2n) is 9.27.